The summed E-state index contributed by atoms with van der Waals surface area (Å²) in [4.78, 5) is 45.0. The fourth-order valence-corrected chi connectivity index (χ4v) is 4.97. The predicted octanol–water partition coefficient (Wildman–Crippen LogP) is 3.74. The lowest BCUT2D eigenvalue weighted by molar-refractivity contribution is -0.119. The number of rotatable bonds is 11. The van der Waals surface area contributed by atoms with Crippen molar-refractivity contribution in [3.63, 3.8) is 0 Å². The van der Waals surface area contributed by atoms with Crippen molar-refractivity contribution < 1.29 is 18.3 Å². The number of halogens is 2. The van der Waals surface area contributed by atoms with Crippen LogP contribution in [0.3, 0.4) is 0 Å². The third-order valence-corrected chi connectivity index (χ3v) is 7.34. The molecule has 1 saturated heterocycles. The number of hydrogen-bond donors (Lipinski definition) is 1. The second-order valence-corrected chi connectivity index (χ2v) is 10.2. The summed E-state index contributed by atoms with van der Waals surface area (Å²) in [7, 11) is 0. The molecule has 1 amide bonds. The van der Waals surface area contributed by atoms with Crippen LogP contribution in [-0.2, 0) is 11.3 Å². The molecule has 1 aromatic carbocycles. The first-order chi connectivity index (χ1) is 19.8. The Morgan fingerprint density at radius 2 is 1.95 bits per heavy atom. The van der Waals surface area contributed by atoms with Gasteiger partial charge in [-0.05, 0) is 56.4 Å². The maximum atomic E-state index is 13.9. The van der Waals surface area contributed by atoms with Gasteiger partial charge in [-0.25, -0.2) is 13.6 Å². The molecule has 1 fully saturated rings. The molecule has 0 radical (unpaired) electrons. The van der Waals surface area contributed by atoms with Crippen LogP contribution in [0.2, 0.25) is 0 Å². The quantitative estimate of drug-likeness (QED) is 0.329. The topological polar surface area (TPSA) is 112 Å². The van der Waals surface area contributed by atoms with E-state index >= 15 is 0 Å². The maximum absolute atomic E-state index is 13.9. The van der Waals surface area contributed by atoms with E-state index in [0.29, 0.717) is 48.4 Å². The molecular formula is C30H35F2N5O4. The molecule has 41 heavy (non-hydrogen) atoms. The standard InChI is InChI=1S/C30H35F2N5O4/c1-20(33)23(17-34-21(2)22-6-4-3-5-7-22)18-36-29(39)27-14-25(41-26(15-31)16-32)8-9-28(27)37(30(36)40)24-10-12-35(19-38)13-11-24/h4,6-9,14,17,19,24,26H,2-3,5,10-13,15-16,18,33H2,1H3/b23-20+,34-17?. The number of nitrogens with two attached hydrogens (primary N) is 1. The van der Waals surface area contributed by atoms with Crippen LogP contribution >= 0.6 is 0 Å². The van der Waals surface area contributed by atoms with Crippen LogP contribution in [-0.4, -0.2) is 59.2 Å². The summed E-state index contributed by atoms with van der Waals surface area (Å²) in [6, 6.07) is 4.16. The Morgan fingerprint density at radius 3 is 2.56 bits per heavy atom. The number of amides is 1. The minimum atomic E-state index is -1.30. The highest BCUT2D eigenvalue weighted by molar-refractivity contribution is 5.82. The summed E-state index contributed by atoms with van der Waals surface area (Å²) in [5, 5.41) is 0.157. The molecule has 2 aliphatic rings. The Morgan fingerprint density at radius 1 is 1.22 bits per heavy atom. The summed E-state index contributed by atoms with van der Waals surface area (Å²) in [6.45, 7) is 4.38. The summed E-state index contributed by atoms with van der Waals surface area (Å²) < 4.78 is 34.3. The number of fused-ring (bicyclic) bond motifs is 1. The van der Waals surface area contributed by atoms with Gasteiger partial charge in [0.15, 0.2) is 6.10 Å². The third kappa shape index (κ3) is 6.72. The van der Waals surface area contributed by atoms with E-state index in [9.17, 15) is 23.2 Å². The Bertz CT molecular complexity index is 1540. The average molecular weight is 568 g/mol. The molecule has 0 saturated carbocycles. The smallest absolute Gasteiger partial charge is 0.332 e. The normalized spacial score (nSPS) is 16.8. The number of piperidine rings is 1. The van der Waals surface area contributed by atoms with Crippen molar-refractivity contribution in [3.05, 3.63) is 86.4 Å². The summed E-state index contributed by atoms with van der Waals surface area (Å²) in [5.41, 5.74) is 7.65. The van der Waals surface area contributed by atoms with E-state index in [4.69, 9.17) is 10.5 Å². The largest absolute Gasteiger partial charge is 0.485 e. The molecule has 2 N–H and O–H groups in total. The third-order valence-electron chi connectivity index (χ3n) is 7.34. The highest BCUT2D eigenvalue weighted by atomic mass is 19.1. The van der Waals surface area contributed by atoms with Crippen LogP contribution in [0.4, 0.5) is 8.78 Å². The number of allylic oxidation sites excluding steroid dienone is 5. The number of aliphatic imine (C=N–C) groups is 1. The molecule has 11 heteroatoms. The van der Waals surface area contributed by atoms with Gasteiger partial charge in [-0.2, -0.15) is 0 Å². The molecule has 0 atom stereocenters. The van der Waals surface area contributed by atoms with Gasteiger partial charge in [-0.15, -0.1) is 0 Å². The van der Waals surface area contributed by atoms with E-state index in [1.165, 1.54) is 18.3 Å². The Hall–Kier alpha value is -4.28. The Balaban J connectivity index is 1.79. The van der Waals surface area contributed by atoms with E-state index < -0.39 is 30.7 Å². The Kier molecular flexibility index (Phi) is 9.69. The number of nitrogens with zero attached hydrogens (tertiary/aromatic N) is 4. The molecule has 0 spiro atoms. The number of carbonyl (C=O) groups is 1. The number of aromatic nitrogens is 2. The summed E-state index contributed by atoms with van der Waals surface area (Å²) >= 11 is 0. The molecule has 9 nitrogen and oxygen atoms in total. The van der Waals surface area contributed by atoms with Crippen LogP contribution in [0.25, 0.3) is 10.9 Å². The van der Waals surface area contributed by atoms with Gasteiger partial charge in [-0.3, -0.25) is 23.7 Å². The molecular weight excluding hydrogens is 532 g/mol. The number of hydrogen-bond acceptors (Lipinski definition) is 6. The van der Waals surface area contributed by atoms with Crippen LogP contribution in [0.15, 0.2) is 80.1 Å². The van der Waals surface area contributed by atoms with Gasteiger partial charge in [0.05, 0.1) is 23.1 Å². The van der Waals surface area contributed by atoms with E-state index in [1.54, 1.807) is 22.5 Å². The van der Waals surface area contributed by atoms with E-state index in [0.717, 1.165) is 29.4 Å². The molecule has 1 aliphatic carbocycles. The van der Waals surface area contributed by atoms with Gasteiger partial charge in [-0.1, -0.05) is 24.8 Å². The summed E-state index contributed by atoms with van der Waals surface area (Å²) in [6.07, 6.45) is 9.87. The number of benzene rings is 1. The van der Waals surface area contributed by atoms with Gasteiger partial charge < -0.3 is 15.4 Å². The predicted molar refractivity (Wildman–Crippen MR) is 156 cm³/mol. The number of ether oxygens (including phenoxy) is 1. The molecule has 218 valence electrons. The van der Waals surface area contributed by atoms with Crippen molar-refractivity contribution in [3.8, 4) is 5.75 Å². The summed E-state index contributed by atoms with van der Waals surface area (Å²) in [5.74, 6) is 0.111. The van der Waals surface area contributed by atoms with Gasteiger partial charge >= 0.3 is 5.69 Å². The molecule has 2 aromatic rings. The fraction of sp³-hybridized carbons (Fsp3) is 0.400. The lowest BCUT2D eigenvalue weighted by Crippen LogP contribution is -2.44. The van der Waals surface area contributed by atoms with E-state index in [2.05, 4.69) is 11.6 Å². The zero-order valence-electron chi connectivity index (χ0n) is 23.1. The second kappa shape index (κ2) is 13.4. The molecule has 2 heterocycles. The van der Waals surface area contributed by atoms with E-state index in [-0.39, 0.29) is 23.7 Å². The van der Waals surface area contributed by atoms with Gasteiger partial charge in [0, 0.05) is 36.6 Å². The number of carbonyl (C=O) groups excluding carboxylic acids is 1. The van der Waals surface area contributed by atoms with Gasteiger partial charge in [0.1, 0.15) is 19.1 Å². The molecule has 0 bridgehead atoms. The molecule has 1 aromatic heterocycles. The Labute approximate surface area is 236 Å². The molecule has 0 unspecified atom stereocenters. The van der Waals surface area contributed by atoms with Crippen LogP contribution < -0.4 is 21.7 Å². The van der Waals surface area contributed by atoms with Crippen LogP contribution in [0, 0.1) is 0 Å². The van der Waals surface area contributed by atoms with Crippen LogP contribution in [0.1, 0.15) is 38.6 Å². The maximum Gasteiger partial charge on any atom is 0.332 e. The molecule has 4 rings (SSSR count). The lowest BCUT2D eigenvalue weighted by atomic mass is 10.0. The zero-order chi connectivity index (χ0) is 29.5. The highest BCUT2D eigenvalue weighted by Gasteiger charge is 2.25. The lowest BCUT2D eigenvalue weighted by Gasteiger charge is -2.31. The monoisotopic (exact) mass is 567 g/mol. The van der Waals surface area contributed by atoms with E-state index in [1.807, 2.05) is 18.2 Å². The van der Waals surface area contributed by atoms with Crippen molar-refractivity contribution >= 4 is 23.5 Å². The first-order valence-corrected chi connectivity index (χ1v) is 13.6. The van der Waals surface area contributed by atoms with Gasteiger partial charge in [0.2, 0.25) is 6.41 Å². The minimum absolute atomic E-state index is 0.111. The SMILES string of the molecule is C=C(N=C/C(Cn1c(=O)c2cc(OC(CF)CF)ccc2n(C2CCN(C=O)CC2)c1=O)=C(/C)N)C1=CCCC=C1. The average Bonchev–Trinajstić information content (AvgIpc) is 3.00. The van der Waals surface area contributed by atoms with Crippen molar-refractivity contribution in [2.75, 3.05) is 26.4 Å². The first-order valence-electron chi connectivity index (χ1n) is 13.6. The second-order valence-electron chi connectivity index (χ2n) is 10.2. The molecule has 1 aliphatic heterocycles. The number of likely N-dealkylation sites (tertiary alicyclic amines) is 1. The number of alkyl halides is 2. The van der Waals surface area contributed by atoms with Crippen molar-refractivity contribution in [2.45, 2.75) is 51.3 Å². The van der Waals surface area contributed by atoms with Crippen molar-refractivity contribution in [1.82, 2.24) is 14.0 Å². The van der Waals surface area contributed by atoms with Crippen molar-refractivity contribution in [1.29, 1.82) is 0 Å². The minimum Gasteiger partial charge on any atom is -0.485 e. The van der Waals surface area contributed by atoms with Crippen LogP contribution in [0.5, 0.6) is 5.75 Å². The van der Waals surface area contributed by atoms with Gasteiger partial charge in [0.25, 0.3) is 5.56 Å². The highest BCUT2D eigenvalue weighted by Crippen LogP contribution is 2.26. The van der Waals surface area contributed by atoms with Crippen molar-refractivity contribution in [2.24, 2.45) is 10.7 Å². The zero-order valence-corrected chi connectivity index (χ0v) is 23.1. The first kappa shape index (κ1) is 29.7. The fourth-order valence-electron chi connectivity index (χ4n) is 4.97.